The minimum Gasteiger partial charge on any atom is -0.443 e. The highest BCUT2D eigenvalue weighted by Crippen LogP contribution is 2.28. The molecule has 0 spiro atoms. The Kier molecular flexibility index (Phi) is 5.65. The first-order valence-electron chi connectivity index (χ1n) is 5.73. The van der Waals surface area contributed by atoms with E-state index in [-0.39, 0.29) is 21.9 Å². The van der Waals surface area contributed by atoms with E-state index in [1.165, 1.54) is 0 Å². The van der Waals surface area contributed by atoms with Crippen LogP contribution in [-0.4, -0.2) is 33.1 Å². The zero-order valence-corrected chi connectivity index (χ0v) is 14.4. The fraction of sp³-hybridized carbons (Fsp3) is 0.545. The van der Waals surface area contributed by atoms with Gasteiger partial charge in [-0.15, -0.1) is 0 Å². The summed E-state index contributed by atoms with van der Waals surface area (Å²) < 4.78 is 32.8. The van der Waals surface area contributed by atoms with Crippen LogP contribution in [0.5, 0.6) is 0 Å². The van der Waals surface area contributed by atoms with E-state index < -0.39 is 20.6 Å². The molecule has 0 unspecified atom stereocenters. The predicted molar refractivity (Wildman–Crippen MR) is 77.5 cm³/mol. The van der Waals surface area contributed by atoms with Crippen molar-refractivity contribution in [3.05, 3.63) is 16.5 Å². The van der Waals surface area contributed by atoms with Gasteiger partial charge in [0.25, 0.3) is 15.0 Å². The summed E-state index contributed by atoms with van der Waals surface area (Å²) in [7, 11) is 1.23. The second-order valence-electron chi connectivity index (χ2n) is 4.56. The van der Waals surface area contributed by atoms with Crippen LogP contribution in [0.2, 0.25) is 0 Å². The topological polar surface area (TPSA) is 85.6 Å². The van der Waals surface area contributed by atoms with Gasteiger partial charge >= 0.3 is 0 Å². The van der Waals surface area contributed by atoms with Gasteiger partial charge in [0.05, 0.1) is 5.60 Å². The van der Waals surface area contributed by atoms with Crippen molar-refractivity contribution in [1.29, 1.82) is 0 Å². The maximum absolute atomic E-state index is 11.9. The van der Waals surface area contributed by atoms with Crippen molar-refractivity contribution in [2.24, 2.45) is 0 Å². The number of rotatable bonds is 6. The Morgan fingerprint density at radius 3 is 2.60 bits per heavy atom. The predicted octanol–water partition coefficient (Wildman–Crippen LogP) is 2.51. The van der Waals surface area contributed by atoms with Crippen LogP contribution in [0.1, 0.15) is 31.3 Å². The first kappa shape index (κ1) is 17.5. The summed E-state index contributed by atoms with van der Waals surface area (Å²) in [5, 5.41) is 2.60. The summed E-state index contributed by atoms with van der Waals surface area (Å²) in [5.41, 5.74) is -0.532. The van der Waals surface area contributed by atoms with Gasteiger partial charge in [-0.3, -0.25) is 4.79 Å². The van der Waals surface area contributed by atoms with E-state index in [4.69, 9.17) is 19.8 Å². The fourth-order valence-electron chi connectivity index (χ4n) is 1.45. The molecular formula is C11H15BrClNO5S. The van der Waals surface area contributed by atoms with E-state index in [0.717, 1.165) is 6.07 Å². The van der Waals surface area contributed by atoms with Gasteiger partial charge < -0.3 is 14.5 Å². The molecule has 1 rings (SSSR count). The first-order chi connectivity index (χ1) is 9.07. The normalized spacial score (nSPS) is 12.4. The highest BCUT2D eigenvalue weighted by Gasteiger charge is 2.25. The van der Waals surface area contributed by atoms with Crippen LogP contribution < -0.4 is 5.32 Å². The Bertz CT molecular complexity index is 596. The molecule has 20 heavy (non-hydrogen) atoms. The first-order valence-corrected chi connectivity index (χ1v) is 8.83. The Morgan fingerprint density at radius 1 is 1.55 bits per heavy atom. The molecule has 0 saturated heterocycles. The van der Waals surface area contributed by atoms with Gasteiger partial charge in [0.2, 0.25) is 0 Å². The Morgan fingerprint density at radius 2 is 2.15 bits per heavy atom. The molecule has 0 aromatic carbocycles. The van der Waals surface area contributed by atoms with Crippen molar-refractivity contribution >= 4 is 41.6 Å². The van der Waals surface area contributed by atoms with E-state index in [0.29, 0.717) is 6.61 Å². The maximum Gasteiger partial charge on any atom is 0.287 e. The molecule has 0 radical (unpaired) electrons. The van der Waals surface area contributed by atoms with Crippen molar-refractivity contribution in [3.63, 3.8) is 0 Å². The lowest BCUT2D eigenvalue weighted by Gasteiger charge is -2.24. The molecule has 1 amide bonds. The van der Waals surface area contributed by atoms with Crippen molar-refractivity contribution < 1.29 is 22.4 Å². The summed E-state index contributed by atoms with van der Waals surface area (Å²) >= 11 is 2.90. The number of amides is 1. The van der Waals surface area contributed by atoms with Gasteiger partial charge in [-0.1, -0.05) is 0 Å². The molecule has 0 atom stereocenters. The van der Waals surface area contributed by atoms with Crippen LogP contribution in [0, 0.1) is 0 Å². The second-order valence-corrected chi connectivity index (χ2v) is 7.82. The molecule has 1 N–H and O–H groups in total. The Hall–Kier alpha value is -0.570. The van der Waals surface area contributed by atoms with E-state index in [1.54, 1.807) is 0 Å². The molecule has 6 nitrogen and oxygen atoms in total. The van der Waals surface area contributed by atoms with Crippen molar-refractivity contribution in [2.45, 2.75) is 31.3 Å². The highest BCUT2D eigenvalue weighted by atomic mass is 79.9. The van der Waals surface area contributed by atoms with Crippen LogP contribution in [0.15, 0.2) is 20.0 Å². The molecule has 0 aliphatic heterocycles. The Balaban J connectivity index is 2.80. The molecule has 0 aliphatic carbocycles. The molecule has 0 saturated carbocycles. The highest BCUT2D eigenvalue weighted by molar-refractivity contribution is 9.10. The number of carbonyl (C=O) groups is 1. The minimum absolute atomic E-state index is 0.110. The number of carbonyl (C=O) groups excluding carboxylic acids is 1. The molecule has 1 aromatic rings. The van der Waals surface area contributed by atoms with Crippen LogP contribution >= 0.6 is 26.6 Å². The fourth-order valence-corrected chi connectivity index (χ4v) is 3.49. The number of hydrogen-bond acceptors (Lipinski definition) is 5. The monoisotopic (exact) mass is 387 g/mol. The molecule has 114 valence electrons. The van der Waals surface area contributed by atoms with Gasteiger partial charge in [-0.25, -0.2) is 8.42 Å². The zero-order chi connectivity index (χ0) is 15.6. The van der Waals surface area contributed by atoms with Gasteiger partial charge in [0.15, 0.2) is 10.4 Å². The number of ether oxygens (including phenoxy) is 1. The average Bonchev–Trinajstić information content (AvgIpc) is 2.68. The smallest absolute Gasteiger partial charge is 0.287 e. The summed E-state index contributed by atoms with van der Waals surface area (Å²) in [6.07, 6.45) is 0. The summed E-state index contributed by atoms with van der Waals surface area (Å²) in [5.74, 6) is -0.701. The molecule has 0 aliphatic rings. The minimum atomic E-state index is -3.97. The van der Waals surface area contributed by atoms with Crippen molar-refractivity contribution in [3.8, 4) is 0 Å². The maximum atomic E-state index is 11.9. The number of furan rings is 1. The van der Waals surface area contributed by atoms with E-state index >= 15 is 0 Å². The van der Waals surface area contributed by atoms with Crippen LogP contribution in [0.4, 0.5) is 0 Å². The lowest BCUT2D eigenvalue weighted by atomic mass is 10.1. The molecule has 1 heterocycles. The van der Waals surface area contributed by atoms with Gasteiger partial charge in [-0.2, -0.15) is 0 Å². The molecule has 0 fully saturated rings. The van der Waals surface area contributed by atoms with Crippen molar-refractivity contribution in [1.82, 2.24) is 5.32 Å². The Labute approximate surface area is 130 Å². The lowest BCUT2D eigenvalue weighted by molar-refractivity contribution is -0.00831. The van der Waals surface area contributed by atoms with Gasteiger partial charge in [0.1, 0.15) is 4.90 Å². The van der Waals surface area contributed by atoms with Crippen molar-refractivity contribution in [2.75, 3.05) is 13.2 Å². The third-order valence-corrected chi connectivity index (χ3v) is 4.53. The second kappa shape index (κ2) is 6.46. The molecule has 1 aromatic heterocycles. The van der Waals surface area contributed by atoms with Gasteiger partial charge in [0, 0.05) is 29.9 Å². The number of halogens is 2. The SMILES string of the molecule is CCOC(C)(C)CNC(=O)c1cc(S(=O)(=O)Cl)c(Br)o1. The van der Waals surface area contributed by atoms with E-state index in [2.05, 4.69) is 21.2 Å². The third-order valence-electron chi connectivity index (χ3n) is 2.35. The molecule has 9 heteroatoms. The summed E-state index contributed by atoms with van der Waals surface area (Å²) in [4.78, 5) is 11.6. The molecule has 0 bridgehead atoms. The largest absolute Gasteiger partial charge is 0.443 e. The summed E-state index contributed by atoms with van der Waals surface area (Å²) in [6, 6.07) is 1.06. The van der Waals surface area contributed by atoms with Crippen LogP contribution in [0.3, 0.4) is 0 Å². The lowest BCUT2D eigenvalue weighted by Crippen LogP contribution is -2.40. The number of nitrogens with one attached hydrogen (secondary N) is 1. The summed E-state index contributed by atoms with van der Waals surface area (Å²) in [6.45, 7) is 6.27. The quantitative estimate of drug-likeness (QED) is 0.757. The third kappa shape index (κ3) is 4.76. The van der Waals surface area contributed by atoms with E-state index in [9.17, 15) is 13.2 Å². The average molecular weight is 389 g/mol. The standard InChI is InChI=1S/C11H15BrClNO5S/c1-4-18-11(2,3)6-14-10(15)7-5-8(9(12)19-7)20(13,16)17/h5H,4,6H2,1-3H3,(H,14,15). The zero-order valence-electron chi connectivity index (χ0n) is 11.2. The van der Waals surface area contributed by atoms with Gasteiger partial charge in [-0.05, 0) is 36.7 Å². The molecular weight excluding hydrogens is 374 g/mol. The van der Waals surface area contributed by atoms with E-state index in [1.807, 2.05) is 20.8 Å². The van der Waals surface area contributed by atoms with Crippen LogP contribution in [-0.2, 0) is 13.8 Å². The number of hydrogen-bond donors (Lipinski definition) is 1. The van der Waals surface area contributed by atoms with Crippen LogP contribution in [0.25, 0.3) is 0 Å².